The quantitative estimate of drug-likeness (QED) is 0.161. The van der Waals surface area contributed by atoms with Gasteiger partial charge in [-0.15, -0.1) is 11.3 Å². The Morgan fingerprint density at radius 2 is 0.910 bits per heavy atom. The summed E-state index contributed by atoms with van der Waals surface area (Å²) < 4.78 is 10.5. The van der Waals surface area contributed by atoms with Gasteiger partial charge < -0.3 is 18.6 Å². The number of hydrogen-bond donors (Lipinski definition) is 0. The summed E-state index contributed by atoms with van der Waals surface area (Å²) in [6, 6.07) is 68.4. The number of anilines is 3. The van der Waals surface area contributed by atoms with Gasteiger partial charge in [-0.3, -0.25) is 0 Å². The van der Waals surface area contributed by atoms with E-state index in [0.717, 1.165) is 11.4 Å². The minimum Gasteiger partial charge on any atom is -0.310 e. The van der Waals surface area contributed by atoms with Gasteiger partial charge in [-0.25, -0.2) is 0 Å². The van der Waals surface area contributed by atoms with Crippen molar-refractivity contribution in [1.82, 2.24) is 13.7 Å². The van der Waals surface area contributed by atoms with Gasteiger partial charge in [-0.1, -0.05) is 180 Å². The third kappa shape index (κ3) is 6.65. The average molecular weight is 1030 g/mol. The lowest BCUT2D eigenvalue weighted by molar-refractivity contribution is 0.590. The second-order valence-corrected chi connectivity index (χ2v) is 27.7. The SMILES string of the molecule is CC(C)(C)c1ccc(N2c3cc(-n4c5ccc(C(C)(C)C)cc5c5cc(C(C)(C)C)ccc54)cc4c3B(c3sc5cc(C(C)(C)C)ccc5c32)c2cccc3c5c(ccc6c7ccccc7n(-c7ccccc7)c65)n-4c23)cc1. The first-order chi connectivity index (χ1) is 37.2. The van der Waals surface area contributed by atoms with Crippen LogP contribution in [0.1, 0.15) is 105 Å². The molecule has 0 N–H and O–H groups in total. The van der Waals surface area contributed by atoms with E-state index in [1.54, 1.807) is 0 Å². The number of thiophene rings is 1. The van der Waals surface area contributed by atoms with Crippen LogP contribution in [0, 0.1) is 0 Å². The molecule has 0 aliphatic carbocycles. The Morgan fingerprint density at radius 3 is 1.58 bits per heavy atom. The minimum absolute atomic E-state index is 0.000712. The fraction of sp³-hybridized carbons (Fsp3) is 0.222. The monoisotopic (exact) mass is 1030 g/mol. The van der Waals surface area contributed by atoms with E-state index in [-0.39, 0.29) is 28.4 Å². The van der Waals surface area contributed by atoms with Crippen LogP contribution in [0.3, 0.4) is 0 Å². The first-order valence-corrected chi connectivity index (χ1v) is 28.9. The van der Waals surface area contributed by atoms with E-state index >= 15 is 0 Å². The number of aromatic nitrogens is 3. The van der Waals surface area contributed by atoms with Crippen molar-refractivity contribution in [3.63, 3.8) is 0 Å². The lowest BCUT2D eigenvalue weighted by Crippen LogP contribution is -2.59. The van der Waals surface area contributed by atoms with Crippen LogP contribution in [0.4, 0.5) is 17.1 Å². The molecule has 15 rings (SSSR count). The predicted octanol–water partition coefficient (Wildman–Crippen LogP) is 18.0. The summed E-state index contributed by atoms with van der Waals surface area (Å²) >= 11 is 2.00. The van der Waals surface area contributed by atoms with Crippen LogP contribution in [0.15, 0.2) is 176 Å². The minimum atomic E-state index is -0.0162. The van der Waals surface area contributed by atoms with Crippen molar-refractivity contribution >= 4 is 126 Å². The van der Waals surface area contributed by atoms with Gasteiger partial charge in [0, 0.05) is 75.4 Å². The third-order valence-electron chi connectivity index (χ3n) is 17.6. The van der Waals surface area contributed by atoms with Crippen molar-refractivity contribution in [3.8, 4) is 17.1 Å². The molecule has 0 radical (unpaired) electrons. The van der Waals surface area contributed by atoms with Crippen LogP contribution >= 0.6 is 11.3 Å². The number of rotatable bonds is 3. The van der Waals surface area contributed by atoms with Crippen molar-refractivity contribution in [1.29, 1.82) is 0 Å². The zero-order chi connectivity index (χ0) is 53.7. The Labute approximate surface area is 462 Å². The van der Waals surface area contributed by atoms with Crippen LogP contribution in [-0.4, -0.2) is 20.4 Å². The predicted molar refractivity (Wildman–Crippen MR) is 339 cm³/mol. The van der Waals surface area contributed by atoms with Gasteiger partial charge >= 0.3 is 0 Å². The summed E-state index contributed by atoms with van der Waals surface area (Å²) in [5.41, 5.74) is 22.7. The van der Waals surface area contributed by atoms with Gasteiger partial charge in [0.05, 0.1) is 39.0 Å². The molecule has 0 amide bonds. The van der Waals surface area contributed by atoms with Gasteiger partial charge in [-0.05, 0) is 134 Å². The molecule has 2 aliphatic rings. The van der Waals surface area contributed by atoms with Crippen LogP contribution in [0.25, 0.3) is 92.6 Å². The molecule has 0 atom stereocenters. The largest absolute Gasteiger partial charge is 0.310 e. The molecule has 0 spiro atoms. The van der Waals surface area contributed by atoms with Crippen molar-refractivity contribution in [3.05, 3.63) is 198 Å². The summed E-state index contributed by atoms with van der Waals surface area (Å²) in [4.78, 5) is 2.65. The highest BCUT2D eigenvalue weighted by atomic mass is 32.1. The lowest BCUT2D eigenvalue weighted by Gasteiger charge is -2.39. The number of benzene rings is 9. The van der Waals surface area contributed by atoms with Gasteiger partial charge in [-0.2, -0.15) is 0 Å². The normalized spacial score (nSPS) is 13.8. The van der Waals surface area contributed by atoms with Crippen LogP contribution < -0.4 is 20.6 Å². The van der Waals surface area contributed by atoms with E-state index < -0.39 is 0 Å². The number of para-hydroxylation sites is 3. The number of fused-ring (bicyclic) bond motifs is 16. The van der Waals surface area contributed by atoms with Crippen molar-refractivity contribution < 1.29 is 0 Å². The summed E-state index contributed by atoms with van der Waals surface area (Å²) in [5, 5.41) is 8.97. The van der Waals surface area contributed by atoms with Crippen molar-refractivity contribution in [2.75, 3.05) is 4.90 Å². The third-order valence-corrected chi connectivity index (χ3v) is 18.8. The molecule has 78 heavy (non-hydrogen) atoms. The summed E-state index contributed by atoms with van der Waals surface area (Å²) in [6.45, 7) is 28.0. The highest BCUT2D eigenvalue weighted by Gasteiger charge is 2.45. The maximum atomic E-state index is 2.67. The molecule has 382 valence electrons. The molecule has 0 unspecified atom stereocenters. The Kier molecular flexibility index (Phi) is 9.68. The number of nitrogens with zero attached hydrogens (tertiary/aromatic N) is 4. The fourth-order valence-corrected chi connectivity index (χ4v) is 14.9. The van der Waals surface area contributed by atoms with E-state index in [9.17, 15) is 0 Å². The zero-order valence-corrected chi connectivity index (χ0v) is 47.8. The molecule has 0 bridgehead atoms. The highest BCUT2D eigenvalue weighted by molar-refractivity contribution is 7.33. The van der Waals surface area contributed by atoms with Crippen molar-refractivity contribution in [2.45, 2.75) is 105 Å². The van der Waals surface area contributed by atoms with Crippen LogP contribution in [0.2, 0.25) is 0 Å². The van der Waals surface area contributed by atoms with E-state index in [4.69, 9.17) is 0 Å². The van der Waals surface area contributed by atoms with Gasteiger partial charge in [0.25, 0.3) is 6.71 Å². The maximum absolute atomic E-state index is 2.67. The van der Waals surface area contributed by atoms with E-state index in [2.05, 4.69) is 278 Å². The molecule has 0 saturated heterocycles. The molecule has 6 heterocycles. The topological polar surface area (TPSA) is 18.0 Å². The van der Waals surface area contributed by atoms with Crippen LogP contribution in [-0.2, 0) is 21.7 Å². The zero-order valence-electron chi connectivity index (χ0n) is 47.0. The summed E-state index contributed by atoms with van der Waals surface area (Å²) in [7, 11) is 0. The molecule has 2 aliphatic heterocycles. The second kappa shape index (κ2) is 15.9. The van der Waals surface area contributed by atoms with Crippen molar-refractivity contribution in [2.24, 2.45) is 0 Å². The standard InChI is InChI=1S/C72H65BN4S/c1-69(2,3)42-25-30-47(31-26-42)76-60-40-48(74-57-34-28-43(70(4,5)6)37-53(57)54-38-44(71(7,8)9)29-35-58(54)74)41-61-64(60)73(68-67(76)51-32-27-45(72(10,11)12)39-62(51)78-68)55-23-18-22-52-63-59(77(61)65(52)55)36-33-50-49-21-16-17-24-56(49)75(66(50)63)46-19-14-13-15-20-46/h13-41H,1-12H3. The van der Waals surface area contributed by atoms with E-state index in [1.165, 1.54) is 136 Å². The smallest absolute Gasteiger partial charge is 0.264 e. The highest BCUT2D eigenvalue weighted by Crippen LogP contribution is 2.50. The first-order valence-electron chi connectivity index (χ1n) is 28.0. The molecule has 0 fully saturated rings. The molecule has 13 aromatic rings. The average Bonchev–Trinajstić information content (AvgIpc) is 2.66. The van der Waals surface area contributed by atoms with Gasteiger partial charge in [0.1, 0.15) is 0 Å². The molecule has 6 heteroatoms. The summed E-state index contributed by atoms with van der Waals surface area (Å²) in [5.74, 6) is 0. The molecule has 4 nitrogen and oxygen atoms in total. The molecule has 4 aromatic heterocycles. The Morgan fingerprint density at radius 1 is 0.359 bits per heavy atom. The van der Waals surface area contributed by atoms with Crippen LogP contribution in [0.5, 0.6) is 0 Å². The lowest BCUT2D eigenvalue weighted by atomic mass is 9.36. The van der Waals surface area contributed by atoms with Gasteiger partial charge in [0.2, 0.25) is 0 Å². The Hall–Kier alpha value is -7.80. The van der Waals surface area contributed by atoms with E-state index in [0.29, 0.717) is 0 Å². The second-order valence-electron chi connectivity index (χ2n) is 26.7. The van der Waals surface area contributed by atoms with Gasteiger partial charge in [0.15, 0.2) is 0 Å². The molecule has 0 saturated carbocycles. The molecular weight excluding hydrogens is 964 g/mol. The molecule has 9 aromatic carbocycles. The maximum Gasteiger partial charge on any atom is 0.264 e. The fourth-order valence-electron chi connectivity index (χ4n) is 13.5. The molecular formula is C72H65BN4S. The van der Waals surface area contributed by atoms with E-state index in [1.807, 2.05) is 11.3 Å². The summed E-state index contributed by atoms with van der Waals surface area (Å²) in [6.07, 6.45) is 0. The Balaban J connectivity index is 1.13. The first kappa shape index (κ1) is 47.4. The number of hydrogen-bond acceptors (Lipinski definition) is 2. The Bertz CT molecular complexity index is 4630.